The van der Waals surface area contributed by atoms with Gasteiger partial charge in [-0.2, -0.15) is 0 Å². The van der Waals surface area contributed by atoms with Crippen LogP contribution in [0, 0.1) is 0 Å². The van der Waals surface area contributed by atoms with Crippen LogP contribution < -0.4 is 4.74 Å². The molecular formula is C19H26Cl2O4. The highest BCUT2D eigenvalue weighted by molar-refractivity contribution is 6.34. The quantitative estimate of drug-likeness (QED) is 0.251. The molecule has 0 unspecified atom stereocenters. The number of hydrogen-bond acceptors (Lipinski definition) is 4. The van der Waals surface area contributed by atoms with Gasteiger partial charge in [0.05, 0.1) is 11.6 Å². The highest BCUT2D eigenvalue weighted by Gasteiger charge is 2.09. The summed E-state index contributed by atoms with van der Waals surface area (Å²) in [6, 6.07) is 4.78. The summed E-state index contributed by atoms with van der Waals surface area (Å²) in [5.41, 5.74) is 0. The summed E-state index contributed by atoms with van der Waals surface area (Å²) in [5, 5.41) is 0.848. The first-order valence-electron chi connectivity index (χ1n) is 8.84. The van der Waals surface area contributed by atoms with Crippen molar-refractivity contribution in [3.05, 3.63) is 28.2 Å². The van der Waals surface area contributed by atoms with Crippen molar-refractivity contribution in [1.82, 2.24) is 0 Å². The van der Waals surface area contributed by atoms with Crippen LogP contribution in [-0.4, -0.2) is 18.5 Å². The molecule has 0 spiro atoms. The van der Waals surface area contributed by atoms with E-state index in [1.807, 2.05) is 6.92 Å². The molecule has 1 aromatic carbocycles. The fourth-order valence-electron chi connectivity index (χ4n) is 2.26. The maximum atomic E-state index is 11.8. The highest BCUT2D eigenvalue weighted by atomic mass is 35.5. The second kappa shape index (κ2) is 13.0. The Hall–Kier alpha value is -1.26. The van der Waals surface area contributed by atoms with Gasteiger partial charge < -0.3 is 9.47 Å². The Kier molecular flexibility index (Phi) is 11.3. The Balaban J connectivity index is 2.03. The number of benzene rings is 1. The van der Waals surface area contributed by atoms with Gasteiger partial charge in [-0.15, -0.1) is 0 Å². The van der Waals surface area contributed by atoms with E-state index in [0.717, 1.165) is 44.9 Å². The second-order valence-corrected chi connectivity index (χ2v) is 6.73. The van der Waals surface area contributed by atoms with Gasteiger partial charge in [0.25, 0.3) is 0 Å². The fraction of sp³-hybridized carbons (Fsp3) is 0.579. The minimum absolute atomic E-state index is 0.107. The van der Waals surface area contributed by atoms with Crippen LogP contribution in [0.3, 0.4) is 0 Å². The Labute approximate surface area is 159 Å². The smallest absolute Gasteiger partial charge is 0.311 e. The lowest BCUT2D eigenvalue weighted by Crippen LogP contribution is -2.07. The number of halogens is 2. The fourth-order valence-corrected chi connectivity index (χ4v) is 2.58. The number of unbranched alkanes of at least 4 members (excludes halogenated alkanes) is 5. The molecule has 0 fully saturated rings. The Morgan fingerprint density at radius 3 is 2.16 bits per heavy atom. The van der Waals surface area contributed by atoms with Crippen molar-refractivity contribution in [3.8, 4) is 5.75 Å². The van der Waals surface area contributed by atoms with Crippen LogP contribution >= 0.6 is 23.2 Å². The zero-order valence-electron chi connectivity index (χ0n) is 14.7. The van der Waals surface area contributed by atoms with Crippen LogP contribution in [0.2, 0.25) is 10.0 Å². The minimum atomic E-state index is -0.303. The average Bonchev–Trinajstić information content (AvgIpc) is 2.58. The van der Waals surface area contributed by atoms with Crippen molar-refractivity contribution >= 4 is 35.1 Å². The van der Waals surface area contributed by atoms with E-state index in [0.29, 0.717) is 35.2 Å². The van der Waals surface area contributed by atoms with Gasteiger partial charge in [0.15, 0.2) is 5.75 Å². The molecule has 0 aliphatic heterocycles. The van der Waals surface area contributed by atoms with Gasteiger partial charge in [-0.1, -0.05) is 55.8 Å². The molecule has 25 heavy (non-hydrogen) atoms. The first-order chi connectivity index (χ1) is 12.0. The molecule has 0 aliphatic rings. The van der Waals surface area contributed by atoms with E-state index < -0.39 is 0 Å². The summed E-state index contributed by atoms with van der Waals surface area (Å²) in [4.78, 5) is 23.1. The number of hydrogen-bond donors (Lipinski definition) is 0. The molecule has 0 radical (unpaired) electrons. The molecule has 0 heterocycles. The van der Waals surface area contributed by atoms with Gasteiger partial charge in [0.2, 0.25) is 0 Å². The number of rotatable bonds is 12. The average molecular weight is 389 g/mol. The number of carbonyl (C=O) groups is 2. The van der Waals surface area contributed by atoms with E-state index >= 15 is 0 Å². The lowest BCUT2D eigenvalue weighted by Gasteiger charge is -2.06. The third-order valence-electron chi connectivity index (χ3n) is 3.60. The molecule has 0 aliphatic carbocycles. The highest BCUT2D eigenvalue weighted by Crippen LogP contribution is 2.28. The van der Waals surface area contributed by atoms with Gasteiger partial charge in [0.1, 0.15) is 0 Å². The summed E-state index contributed by atoms with van der Waals surface area (Å²) in [6.07, 6.45) is 7.39. The van der Waals surface area contributed by atoms with Crippen molar-refractivity contribution in [3.63, 3.8) is 0 Å². The first kappa shape index (κ1) is 21.8. The molecule has 0 saturated carbocycles. The van der Waals surface area contributed by atoms with Crippen LogP contribution in [0.15, 0.2) is 18.2 Å². The van der Waals surface area contributed by atoms with Crippen molar-refractivity contribution in [2.45, 2.75) is 64.7 Å². The lowest BCUT2D eigenvalue weighted by atomic mass is 10.1. The van der Waals surface area contributed by atoms with Crippen LogP contribution in [0.5, 0.6) is 5.75 Å². The van der Waals surface area contributed by atoms with Gasteiger partial charge in [-0.3, -0.25) is 9.59 Å². The summed E-state index contributed by atoms with van der Waals surface area (Å²) in [6.45, 7) is 2.49. The van der Waals surface area contributed by atoms with Crippen molar-refractivity contribution < 1.29 is 19.1 Å². The Bertz CT molecular complexity index is 546. The zero-order valence-corrected chi connectivity index (χ0v) is 16.2. The molecule has 1 aromatic rings. The maximum Gasteiger partial charge on any atom is 0.311 e. The molecule has 1 rings (SSSR count). The number of ether oxygens (including phenoxy) is 2. The molecule has 0 atom stereocenters. The largest absolute Gasteiger partial charge is 0.466 e. The van der Waals surface area contributed by atoms with Crippen LogP contribution in [-0.2, 0) is 14.3 Å². The maximum absolute atomic E-state index is 11.8. The van der Waals surface area contributed by atoms with Crippen LogP contribution in [0.1, 0.15) is 64.7 Å². The molecular weight excluding hydrogens is 363 g/mol. The molecule has 140 valence electrons. The van der Waals surface area contributed by atoms with Crippen molar-refractivity contribution in [1.29, 1.82) is 0 Å². The van der Waals surface area contributed by atoms with Crippen LogP contribution in [0.25, 0.3) is 0 Å². The van der Waals surface area contributed by atoms with Crippen LogP contribution in [0.4, 0.5) is 0 Å². The molecule has 0 amide bonds. The summed E-state index contributed by atoms with van der Waals surface area (Å²) < 4.78 is 10.2. The molecule has 6 heteroatoms. The molecule has 0 aromatic heterocycles. The number of carbonyl (C=O) groups excluding carboxylic acids is 2. The zero-order chi connectivity index (χ0) is 18.5. The normalized spacial score (nSPS) is 10.5. The van der Waals surface area contributed by atoms with Crippen molar-refractivity contribution in [2.75, 3.05) is 6.61 Å². The first-order valence-corrected chi connectivity index (χ1v) is 9.60. The molecule has 4 nitrogen and oxygen atoms in total. The molecule has 0 N–H and O–H groups in total. The van der Waals surface area contributed by atoms with Gasteiger partial charge in [-0.05, 0) is 31.4 Å². The standard InChI is InChI=1S/C19H26Cl2O4/c1-2-13-24-18(22)9-7-5-3-4-6-8-10-19(23)25-17-14-15(20)11-12-16(17)21/h11-12,14H,2-10,13H2,1H3. The topological polar surface area (TPSA) is 52.6 Å². The predicted octanol–water partition coefficient (Wildman–Crippen LogP) is 5.97. The minimum Gasteiger partial charge on any atom is -0.466 e. The molecule has 0 saturated heterocycles. The van der Waals surface area contributed by atoms with Gasteiger partial charge in [-0.25, -0.2) is 0 Å². The van der Waals surface area contributed by atoms with E-state index in [4.69, 9.17) is 32.7 Å². The second-order valence-electron chi connectivity index (χ2n) is 5.89. The summed E-state index contributed by atoms with van der Waals surface area (Å²) >= 11 is 11.8. The monoisotopic (exact) mass is 388 g/mol. The molecule has 0 bridgehead atoms. The van der Waals surface area contributed by atoms with E-state index in [1.54, 1.807) is 12.1 Å². The van der Waals surface area contributed by atoms with E-state index in [2.05, 4.69) is 0 Å². The van der Waals surface area contributed by atoms with Gasteiger partial charge in [0, 0.05) is 23.9 Å². The lowest BCUT2D eigenvalue weighted by molar-refractivity contribution is -0.143. The van der Waals surface area contributed by atoms with Crippen molar-refractivity contribution in [2.24, 2.45) is 0 Å². The van der Waals surface area contributed by atoms with E-state index in [9.17, 15) is 9.59 Å². The summed E-state index contributed by atoms with van der Waals surface area (Å²) in [5.74, 6) is -0.110. The third-order valence-corrected chi connectivity index (χ3v) is 4.14. The Morgan fingerprint density at radius 2 is 1.52 bits per heavy atom. The van der Waals surface area contributed by atoms with E-state index in [-0.39, 0.29) is 11.9 Å². The van der Waals surface area contributed by atoms with E-state index in [1.165, 1.54) is 6.07 Å². The SMILES string of the molecule is CCCOC(=O)CCCCCCCCC(=O)Oc1cc(Cl)ccc1Cl. The predicted molar refractivity (Wildman–Crippen MR) is 100 cm³/mol. The Morgan fingerprint density at radius 1 is 0.920 bits per heavy atom. The van der Waals surface area contributed by atoms with Gasteiger partial charge >= 0.3 is 11.9 Å². The number of esters is 2. The third kappa shape index (κ3) is 10.4. The summed E-state index contributed by atoms with van der Waals surface area (Å²) in [7, 11) is 0.